The topological polar surface area (TPSA) is 43.1 Å². The summed E-state index contributed by atoms with van der Waals surface area (Å²) >= 11 is 5.39. The van der Waals surface area contributed by atoms with Gasteiger partial charge in [0.15, 0.2) is 0 Å². The summed E-state index contributed by atoms with van der Waals surface area (Å²) in [6.45, 7) is 0. The number of halogens is 2. The summed E-state index contributed by atoms with van der Waals surface area (Å²) in [6.07, 6.45) is 0. The fourth-order valence-electron chi connectivity index (χ4n) is 0.602. The standard InChI is InChI=1S/C6H5ClFNOS/c7-5-3-4(11(9)10)1-2-6(5)8/h1-3H,9H2. The van der Waals surface area contributed by atoms with Crippen LogP contribution in [0.3, 0.4) is 0 Å². The molecule has 1 unspecified atom stereocenters. The van der Waals surface area contributed by atoms with Crippen LogP contribution >= 0.6 is 11.6 Å². The number of benzene rings is 1. The molecular formula is C6H5ClFNOS. The Morgan fingerprint density at radius 2 is 2.18 bits per heavy atom. The van der Waals surface area contributed by atoms with Gasteiger partial charge in [0.25, 0.3) is 0 Å². The average Bonchev–Trinajstić information content (AvgIpc) is 1.94. The van der Waals surface area contributed by atoms with Gasteiger partial charge in [0.1, 0.15) is 16.8 Å². The molecule has 1 aromatic carbocycles. The Morgan fingerprint density at radius 1 is 1.55 bits per heavy atom. The fourth-order valence-corrected chi connectivity index (χ4v) is 1.28. The average molecular weight is 194 g/mol. The van der Waals surface area contributed by atoms with Gasteiger partial charge in [-0.15, -0.1) is 0 Å². The summed E-state index contributed by atoms with van der Waals surface area (Å²) in [4.78, 5) is 0.316. The molecule has 1 rings (SSSR count). The summed E-state index contributed by atoms with van der Waals surface area (Å²) in [7, 11) is -1.60. The van der Waals surface area contributed by atoms with E-state index >= 15 is 0 Å². The van der Waals surface area contributed by atoms with E-state index in [1.165, 1.54) is 12.1 Å². The number of rotatable bonds is 1. The molecule has 0 saturated carbocycles. The molecule has 2 N–H and O–H groups in total. The Hall–Kier alpha value is -0.450. The van der Waals surface area contributed by atoms with Gasteiger partial charge in [-0.1, -0.05) is 11.6 Å². The molecule has 0 aliphatic carbocycles. The lowest BCUT2D eigenvalue weighted by atomic mass is 10.3. The first kappa shape index (κ1) is 8.64. The van der Waals surface area contributed by atoms with Crippen molar-refractivity contribution < 1.29 is 8.60 Å². The van der Waals surface area contributed by atoms with Crippen LogP contribution in [0.1, 0.15) is 0 Å². The lowest BCUT2D eigenvalue weighted by Gasteiger charge is -1.96. The van der Waals surface area contributed by atoms with Crippen molar-refractivity contribution in [3.05, 3.63) is 29.0 Å². The molecule has 0 saturated heterocycles. The van der Waals surface area contributed by atoms with Gasteiger partial charge < -0.3 is 0 Å². The molecule has 0 spiro atoms. The predicted molar refractivity (Wildman–Crippen MR) is 42.0 cm³/mol. The van der Waals surface area contributed by atoms with E-state index in [-0.39, 0.29) is 5.02 Å². The molecule has 1 aromatic rings. The summed E-state index contributed by atoms with van der Waals surface area (Å²) in [5.41, 5.74) is 0. The van der Waals surface area contributed by atoms with Crippen molar-refractivity contribution in [2.75, 3.05) is 0 Å². The first-order valence-electron chi connectivity index (χ1n) is 2.72. The molecule has 5 heteroatoms. The molecule has 2 nitrogen and oxygen atoms in total. The van der Waals surface area contributed by atoms with Crippen molar-refractivity contribution >= 4 is 22.6 Å². The lowest BCUT2D eigenvalue weighted by Crippen LogP contribution is -2.02. The Labute approximate surface area is 70.7 Å². The van der Waals surface area contributed by atoms with Gasteiger partial charge in [-0.2, -0.15) is 0 Å². The van der Waals surface area contributed by atoms with Crippen LogP contribution in [0.2, 0.25) is 5.02 Å². The molecule has 0 amide bonds. The second-order valence-electron chi connectivity index (χ2n) is 1.87. The van der Waals surface area contributed by atoms with Crippen molar-refractivity contribution in [1.29, 1.82) is 0 Å². The summed E-state index contributed by atoms with van der Waals surface area (Å²) in [5.74, 6) is -0.541. The molecule has 0 bridgehead atoms. The maximum Gasteiger partial charge on any atom is 0.141 e. The third-order valence-electron chi connectivity index (χ3n) is 1.12. The Bertz CT molecular complexity index is 305. The molecule has 1 atom stereocenters. The zero-order chi connectivity index (χ0) is 8.43. The minimum absolute atomic E-state index is 0.0682. The molecule has 0 aromatic heterocycles. The number of nitrogens with two attached hydrogens (primary N) is 1. The van der Waals surface area contributed by atoms with Crippen LogP contribution in [0, 0.1) is 5.82 Å². The van der Waals surface area contributed by atoms with Crippen molar-refractivity contribution in [3.8, 4) is 0 Å². The van der Waals surface area contributed by atoms with Gasteiger partial charge in [-0.05, 0) is 18.2 Å². The third-order valence-corrected chi connectivity index (χ3v) is 2.13. The first-order chi connectivity index (χ1) is 5.11. The highest BCUT2D eigenvalue weighted by Gasteiger charge is 2.02. The summed E-state index contributed by atoms with van der Waals surface area (Å²) < 4.78 is 23.1. The monoisotopic (exact) mass is 193 g/mol. The smallest absolute Gasteiger partial charge is 0.141 e. The van der Waals surface area contributed by atoms with E-state index in [9.17, 15) is 8.60 Å². The number of hydrogen-bond acceptors (Lipinski definition) is 1. The van der Waals surface area contributed by atoms with Gasteiger partial charge in [0.05, 0.1) is 9.92 Å². The molecule has 0 fully saturated rings. The Kier molecular flexibility index (Phi) is 2.59. The minimum atomic E-state index is -1.60. The Morgan fingerprint density at radius 3 is 2.64 bits per heavy atom. The quantitative estimate of drug-likeness (QED) is 0.721. The van der Waals surface area contributed by atoms with E-state index < -0.39 is 16.8 Å². The van der Waals surface area contributed by atoms with Gasteiger partial charge in [0.2, 0.25) is 0 Å². The number of hydrogen-bond donors (Lipinski definition) is 1. The normalized spacial score (nSPS) is 13.0. The molecular weight excluding hydrogens is 189 g/mol. The van der Waals surface area contributed by atoms with E-state index in [1.54, 1.807) is 0 Å². The van der Waals surface area contributed by atoms with Gasteiger partial charge in [-0.25, -0.2) is 13.7 Å². The van der Waals surface area contributed by atoms with Crippen molar-refractivity contribution in [2.24, 2.45) is 5.14 Å². The van der Waals surface area contributed by atoms with Gasteiger partial charge in [-0.3, -0.25) is 0 Å². The predicted octanol–water partition coefficient (Wildman–Crippen LogP) is 1.46. The van der Waals surface area contributed by atoms with Crippen LogP contribution in [0.25, 0.3) is 0 Å². The molecule has 0 heterocycles. The Balaban J connectivity index is 3.15. The maximum absolute atomic E-state index is 12.5. The molecule has 0 aliphatic rings. The molecule has 11 heavy (non-hydrogen) atoms. The second-order valence-corrected chi connectivity index (χ2v) is 3.35. The zero-order valence-corrected chi connectivity index (χ0v) is 6.95. The van der Waals surface area contributed by atoms with E-state index in [0.29, 0.717) is 4.90 Å². The van der Waals surface area contributed by atoms with Crippen molar-refractivity contribution in [2.45, 2.75) is 4.90 Å². The highest BCUT2D eigenvalue weighted by atomic mass is 35.5. The van der Waals surface area contributed by atoms with Crippen molar-refractivity contribution in [1.82, 2.24) is 0 Å². The molecule has 60 valence electrons. The van der Waals surface area contributed by atoms with E-state index in [1.807, 2.05) is 0 Å². The molecule has 0 aliphatic heterocycles. The third kappa shape index (κ3) is 1.99. The van der Waals surface area contributed by atoms with Gasteiger partial charge >= 0.3 is 0 Å². The van der Waals surface area contributed by atoms with Gasteiger partial charge in [0, 0.05) is 0 Å². The highest BCUT2D eigenvalue weighted by Crippen LogP contribution is 2.16. The highest BCUT2D eigenvalue weighted by molar-refractivity contribution is 7.82. The molecule has 0 radical (unpaired) electrons. The zero-order valence-electron chi connectivity index (χ0n) is 5.38. The summed E-state index contributed by atoms with van der Waals surface area (Å²) in [6, 6.07) is 3.70. The van der Waals surface area contributed by atoms with Crippen LogP contribution in [-0.4, -0.2) is 4.21 Å². The summed E-state index contributed by atoms with van der Waals surface area (Å²) in [5, 5.41) is 4.96. The minimum Gasteiger partial charge on any atom is -0.248 e. The van der Waals surface area contributed by atoms with Crippen LogP contribution in [0.15, 0.2) is 23.1 Å². The SMILES string of the molecule is NS(=O)c1ccc(F)c(Cl)c1. The maximum atomic E-state index is 12.5. The largest absolute Gasteiger partial charge is 0.248 e. The van der Waals surface area contributed by atoms with E-state index in [4.69, 9.17) is 16.7 Å². The lowest BCUT2D eigenvalue weighted by molar-refractivity contribution is 0.626. The van der Waals surface area contributed by atoms with Crippen LogP contribution in [0.4, 0.5) is 4.39 Å². The van der Waals surface area contributed by atoms with Crippen LogP contribution in [0.5, 0.6) is 0 Å². The van der Waals surface area contributed by atoms with Crippen molar-refractivity contribution in [3.63, 3.8) is 0 Å². The van der Waals surface area contributed by atoms with Crippen LogP contribution < -0.4 is 5.14 Å². The van der Waals surface area contributed by atoms with Crippen LogP contribution in [-0.2, 0) is 11.0 Å². The second kappa shape index (κ2) is 3.30. The first-order valence-corrected chi connectivity index (χ1v) is 4.31. The van der Waals surface area contributed by atoms with E-state index in [0.717, 1.165) is 6.07 Å². The van der Waals surface area contributed by atoms with E-state index in [2.05, 4.69) is 0 Å². The fraction of sp³-hybridized carbons (Fsp3) is 0.